The molecule has 0 atom stereocenters. The van der Waals surface area contributed by atoms with Crippen molar-refractivity contribution in [2.24, 2.45) is 16.6 Å². The molecule has 1 aliphatic carbocycles. The van der Waals surface area contributed by atoms with Crippen LogP contribution in [-0.4, -0.2) is 25.0 Å². The van der Waals surface area contributed by atoms with E-state index in [1.165, 1.54) is 19.3 Å². The van der Waals surface area contributed by atoms with Gasteiger partial charge in [0.1, 0.15) is 0 Å². The van der Waals surface area contributed by atoms with Crippen LogP contribution >= 0.6 is 24.0 Å². The van der Waals surface area contributed by atoms with Crippen LogP contribution in [0.2, 0.25) is 0 Å². The molecule has 1 amide bonds. The number of benzene rings is 1. The zero-order chi connectivity index (χ0) is 15.1. The second kappa shape index (κ2) is 9.66. The maximum Gasteiger partial charge on any atom is 0.251 e. The Morgan fingerprint density at radius 3 is 2.77 bits per heavy atom. The molecular weight excluding hydrogens is 391 g/mol. The Morgan fingerprint density at radius 1 is 1.36 bits per heavy atom. The van der Waals surface area contributed by atoms with Crippen molar-refractivity contribution in [1.82, 2.24) is 10.6 Å². The zero-order valence-electron chi connectivity index (χ0n) is 13.0. The lowest BCUT2D eigenvalue weighted by Gasteiger charge is -2.25. The Hall–Kier alpha value is -1.31. The lowest BCUT2D eigenvalue weighted by Crippen LogP contribution is -2.37. The number of hydrogen-bond donors (Lipinski definition) is 3. The van der Waals surface area contributed by atoms with E-state index in [1.807, 2.05) is 25.1 Å². The summed E-state index contributed by atoms with van der Waals surface area (Å²) >= 11 is 0. The smallest absolute Gasteiger partial charge is 0.251 e. The van der Waals surface area contributed by atoms with E-state index in [9.17, 15) is 4.79 Å². The van der Waals surface area contributed by atoms with Crippen molar-refractivity contribution in [2.75, 3.05) is 13.1 Å². The van der Waals surface area contributed by atoms with Crippen LogP contribution in [-0.2, 0) is 6.54 Å². The highest BCUT2D eigenvalue weighted by molar-refractivity contribution is 14.0. The van der Waals surface area contributed by atoms with Crippen molar-refractivity contribution in [3.8, 4) is 0 Å². The van der Waals surface area contributed by atoms with Crippen LogP contribution < -0.4 is 16.4 Å². The molecule has 5 nitrogen and oxygen atoms in total. The van der Waals surface area contributed by atoms with Crippen molar-refractivity contribution in [1.29, 1.82) is 0 Å². The van der Waals surface area contributed by atoms with E-state index in [4.69, 9.17) is 5.73 Å². The first-order chi connectivity index (χ1) is 10.2. The Kier molecular flexibility index (Phi) is 8.22. The summed E-state index contributed by atoms with van der Waals surface area (Å²) in [5.74, 6) is 1.17. The molecule has 1 aromatic carbocycles. The van der Waals surface area contributed by atoms with Crippen LogP contribution in [0.3, 0.4) is 0 Å². The largest absolute Gasteiger partial charge is 0.370 e. The van der Waals surface area contributed by atoms with Crippen molar-refractivity contribution >= 4 is 35.8 Å². The maximum absolute atomic E-state index is 11.8. The maximum atomic E-state index is 11.8. The van der Waals surface area contributed by atoms with Crippen molar-refractivity contribution in [3.63, 3.8) is 0 Å². The fourth-order valence-electron chi connectivity index (χ4n) is 2.25. The third-order valence-electron chi connectivity index (χ3n) is 3.76. The number of halogens is 1. The molecule has 0 aromatic heterocycles. The highest BCUT2D eigenvalue weighted by Crippen LogP contribution is 2.24. The van der Waals surface area contributed by atoms with Gasteiger partial charge < -0.3 is 16.4 Å². The van der Waals surface area contributed by atoms with Gasteiger partial charge in [-0.2, -0.15) is 0 Å². The molecule has 4 N–H and O–H groups in total. The number of rotatable bonds is 6. The Balaban J connectivity index is 0.00000242. The summed E-state index contributed by atoms with van der Waals surface area (Å²) < 4.78 is 0. The third kappa shape index (κ3) is 5.82. The average Bonchev–Trinajstić information content (AvgIpc) is 2.44. The predicted molar refractivity (Wildman–Crippen MR) is 101 cm³/mol. The zero-order valence-corrected chi connectivity index (χ0v) is 15.3. The van der Waals surface area contributed by atoms with Crippen molar-refractivity contribution < 1.29 is 4.79 Å². The standard InChI is InChI=1S/C16H24N4O.HI/c1-2-18-15(21)14-8-4-7-13(9-14)11-20-16(17)19-10-12-5-3-6-12;/h4,7-9,12H,2-3,5-6,10-11H2,1H3,(H,18,21)(H3,17,19,20);1H. The summed E-state index contributed by atoms with van der Waals surface area (Å²) in [7, 11) is 0. The lowest BCUT2D eigenvalue weighted by atomic mass is 9.85. The van der Waals surface area contributed by atoms with Gasteiger partial charge >= 0.3 is 0 Å². The van der Waals surface area contributed by atoms with Gasteiger partial charge in [0.05, 0.1) is 6.54 Å². The van der Waals surface area contributed by atoms with E-state index >= 15 is 0 Å². The molecule has 1 aromatic rings. The number of hydrogen-bond acceptors (Lipinski definition) is 2. The van der Waals surface area contributed by atoms with Crippen molar-refractivity contribution in [2.45, 2.75) is 32.7 Å². The first kappa shape index (κ1) is 18.7. The van der Waals surface area contributed by atoms with Gasteiger partial charge in [-0.25, -0.2) is 4.99 Å². The first-order valence-corrected chi connectivity index (χ1v) is 7.60. The van der Waals surface area contributed by atoms with Crippen LogP contribution in [0.5, 0.6) is 0 Å². The highest BCUT2D eigenvalue weighted by Gasteiger charge is 2.16. The molecular formula is C16H25IN4O. The lowest BCUT2D eigenvalue weighted by molar-refractivity contribution is 0.0955. The van der Waals surface area contributed by atoms with Gasteiger partial charge in [-0.3, -0.25) is 4.79 Å². The van der Waals surface area contributed by atoms with Gasteiger partial charge in [-0.15, -0.1) is 24.0 Å². The summed E-state index contributed by atoms with van der Waals surface area (Å²) in [6.07, 6.45) is 3.90. The molecule has 6 heteroatoms. The number of guanidine groups is 1. The molecule has 0 radical (unpaired) electrons. The predicted octanol–water partition coefficient (Wildman–Crippen LogP) is 2.26. The number of aliphatic imine (C=N–C) groups is 1. The third-order valence-corrected chi connectivity index (χ3v) is 3.76. The Bertz CT molecular complexity index is 515. The minimum atomic E-state index is -0.0561. The molecule has 0 unspecified atom stereocenters. The van der Waals surface area contributed by atoms with Crippen LogP contribution in [0.25, 0.3) is 0 Å². The molecule has 0 aliphatic heterocycles. The fraction of sp³-hybridized carbons (Fsp3) is 0.500. The molecule has 0 saturated heterocycles. The summed E-state index contributed by atoms with van der Waals surface area (Å²) in [6.45, 7) is 3.92. The van der Waals surface area contributed by atoms with E-state index in [0.717, 1.165) is 18.0 Å². The second-order valence-electron chi connectivity index (χ2n) is 5.44. The van der Waals surface area contributed by atoms with Gasteiger partial charge in [0.2, 0.25) is 0 Å². The van der Waals surface area contributed by atoms with Crippen LogP contribution in [0.15, 0.2) is 29.3 Å². The van der Waals surface area contributed by atoms with Gasteiger partial charge in [0.25, 0.3) is 5.91 Å². The molecule has 1 aliphatic rings. The second-order valence-corrected chi connectivity index (χ2v) is 5.44. The summed E-state index contributed by atoms with van der Waals surface area (Å²) in [5, 5.41) is 5.95. The van der Waals surface area contributed by atoms with Crippen LogP contribution in [0.4, 0.5) is 0 Å². The minimum absolute atomic E-state index is 0. The van der Waals surface area contributed by atoms with E-state index in [1.54, 1.807) is 6.07 Å². The van der Waals surface area contributed by atoms with Gasteiger partial charge in [0, 0.05) is 18.7 Å². The Labute approximate surface area is 149 Å². The normalized spacial score (nSPS) is 14.7. The van der Waals surface area contributed by atoms with Crippen LogP contribution in [0.1, 0.15) is 42.1 Å². The number of carbonyl (C=O) groups excluding carboxylic acids is 1. The van der Waals surface area contributed by atoms with E-state index in [2.05, 4.69) is 15.6 Å². The van der Waals surface area contributed by atoms with Gasteiger partial charge in [-0.1, -0.05) is 18.6 Å². The molecule has 0 bridgehead atoms. The molecule has 0 spiro atoms. The van der Waals surface area contributed by atoms with Crippen LogP contribution in [0, 0.1) is 5.92 Å². The summed E-state index contributed by atoms with van der Waals surface area (Å²) in [6, 6.07) is 7.48. The quantitative estimate of drug-likeness (QED) is 0.378. The number of nitrogens with two attached hydrogens (primary N) is 1. The summed E-state index contributed by atoms with van der Waals surface area (Å²) in [4.78, 5) is 16.1. The first-order valence-electron chi connectivity index (χ1n) is 7.60. The van der Waals surface area contributed by atoms with Gasteiger partial charge in [0.15, 0.2) is 5.96 Å². The van der Waals surface area contributed by atoms with E-state index < -0.39 is 0 Å². The number of nitrogens with one attached hydrogen (secondary N) is 2. The number of carbonyl (C=O) groups is 1. The molecule has 1 saturated carbocycles. The topological polar surface area (TPSA) is 79.5 Å². The highest BCUT2D eigenvalue weighted by atomic mass is 127. The van der Waals surface area contributed by atoms with E-state index in [0.29, 0.717) is 24.6 Å². The molecule has 0 heterocycles. The number of amides is 1. The molecule has 2 rings (SSSR count). The summed E-state index contributed by atoms with van der Waals surface area (Å²) in [5.41, 5.74) is 7.49. The average molecular weight is 416 g/mol. The van der Waals surface area contributed by atoms with E-state index in [-0.39, 0.29) is 29.9 Å². The van der Waals surface area contributed by atoms with Crippen molar-refractivity contribution in [3.05, 3.63) is 35.4 Å². The Morgan fingerprint density at radius 2 is 2.14 bits per heavy atom. The minimum Gasteiger partial charge on any atom is -0.370 e. The molecule has 122 valence electrons. The fourth-order valence-corrected chi connectivity index (χ4v) is 2.25. The molecule has 22 heavy (non-hydrogen) atoms. The van der Waals surface area contributed by atoms with Gasteiger partial charge in [-0.05, 0) is 43.4 Å². The monoisotopic (exact) mass is 416 g/mol. The SMILES string of the molecule is CCNC(=O)c1cccc(CN=C(N)NCC2CCC2)c1.I. The molecule has 1 fully saturated rings. The number of nitrogens with zero attached hydrogens (tertiary/aromatic N) is 1.